The van der Waals surface area contributed by atoms with E-state index in [1.54, 1.807) is 30.5 Å². The zero-order valence-corrected chi connectivity index (χ0v) is 14.4. The molecule has 0 aliphatic carbocycles. The molecule has 2 aromatic rings. The van der Waals surface area contributed by atoms with Gasteiger partial charge >= 0.3 is 0 Å². The van der Waals surface area contributed by atoms with Crippen molar-refractivity contribution in [2.45, 2.75) is 26.9 Å². The van der Waals surface area contributed by atoms with Crippen molar-refractivity contribution in [2.75, 3.05) is 11.9 Å². The van der Waals surface area contributed by atoms with E-state index in [9.17, 15) is 9.59 Å². The number of nitrogens with zero attached hydrogens (tertiary/aromatic N) is 1. The zero-order valence-electron chi connectivity index (χ0n) is 14.4. The first-order chi connectivity index (χ1) is 11.9. The molecule has 0 aliphatic rings. The number of carbonyl (C=O) groups excluding carboxylic acids is 2. The van der Waals surface area contributed by atoms with E-state index in [2.05, 4.69) is 10.3 Å². The van der Waals surface area contributed by atoms with Gasteiger partial charge in [0, 0.05) is 6.20 Å². The van der Waals surface area contributed by atoms with E-state index in [0.717, 1.165) is 0 Å². The number of ether oxygens (including phenoxy) is 2. The maximum atomic E-state index is 12.6. The van der Waals surface area contributed by atoms with Crippen molar-refractivity contribution in [3.05, 3.63) is 47.7 Å². The molecule has 1 aromatic carbocycles. The Balaban J connectivity index is 2.31. The summed E-state index contributed by atoms with van der Waals surface area (Å²) in [6, 6.07) is 7.95. The van der Waals surface area contributed by atoms with Gasteiger partial charge in [-0.15, -0.1) is 0 Å². The maximum absolute atomic E-state index is 12.6. The minimum Gasteiger partial charge on any atom is -0.494 e. The van der Waals surface area contributed by atoms with Crippen LogP contribution in [0.4, 0.5) is 5.69 Å². The Morgan fingerprint density at radius 3 is 2.64 bits per heavy atom. The molecule has 7 heteroatoms. The second kappa shape index (κ2) is 8.14. The number of anilines is 1. The second-order valence-corrected chi connectivity index (χ2v) is 5.48. The Hall–Kier alpha value is -3.09. The Morgan fingerprint density at radius 2 is 2.00 bits per heavy atom. The van der Waals surface area contributed by atoms with E-state index in [1.807, 2.05) is 20.8 Å². The molecule has 3 N–H and O–H groups in total. The van der Waals surface area contributed by atoms with E-state index in [1.165, 1.54) is 6.07 Å². The van der Waals surface area contributed by atoms with E-state index >= 15 is 0 Å². The SMILES string of the molecule is CCOc1ccc(NC(=O)c2cccnc2OC(C)C)c(C(N)=O)c1. The number of hydrogen-bond acceptors (Lipinski definition) is 5. The molecule has 0 unspecified atom stereocenters. The summed E-state index contributed by atoms with van der Waals surface area (Å²) >= 11 is 0. The molecular weight excluding hydrogens is 322 g/mol. The topological polar surface area (TPSA) is 104 Å². The van der Waals surface area contributed by atoms with Gasteiger partial charge in [-0.2, -0.15) is 0 Å². The lowest BCUT2D eigenvalue weighted by atomic mass is 10.1. The molecule has 0 aliphatic heterocycles. The molecule has 25 heavy (non-hydrogen) atoms. The van der Waals surface area contributed by atoms with Crippen LogP contribution in [-0.2, 0) is 0 Å². The van der Waals surface area contributed by atoms with Gasteiger partial charge in [-0.25, -0.2) is 4.98 Å². The Kier molecular flexibility index (Phi) is 5.94. The monoisotopic (exact) mass is 343 g/mol. The number of nitrogens with one attached hydrogen (secondary N) is 1. The van der Waals surface area contributed by atoms with Crippen LogP contribution in [0.25, 0.3) is 0 Å². The number of pyridine rings is 1. The normalized spacial score (nSPS) is 10.4. The zero-order chi connectivity index (χ0) is 18.4. The Labute approximate surface area is 146 Å². The lowest BCUT2D eigenvalue weighted by Gasteiger charge is -2.14. The molecule has 0 fully saturated rings. The van der Waals surface area contributed by atoms with Crippen LogP contribution in [0.5, 0.6) is 11.6 Å². The molecule has 0 spiro atoms. The van der Waals surface area contributed by atoms with Crippen molar-refractivity contribution in [3.8, 4) is 11.6 Å². The summed E-state index contributed by atoms with van der Waals surface area (Å²) < 4.78 is 10.9. The Morgan fingerprint density at radius 1 is 1.24 bits per heavy atom. The van der Waals surface area contributed by atoms with E-state index in [0.29, 0.717) is 18.0 Å². The van der Waals surface area contributed by atoms with Gasteiger partial charge in [-0.05, 0) is 51.1 Å². The molecule has 2 rings (SSSR count). The number of benzene rings is 1. The summed E-state index contributed by atoms with van der Waals surface area (Å²) in [4.78, 5) is 28.4. The molecule has 0 atom stereocenters. The van der Waals surface area contributed by atoms with Gasteiger partial charge in [0.05, 0.1) is 24.0 Å². The second-order valence-electron chi connectivity index (χ2n) is 5.48. The van der Waals surface area contributed by atoms with Gasteiger partial charge in [-0.3, -0.25) is 9.59 Å². The van der Waals surface area contributed by atoms with Crippen molar-refractivity contribution in [1.82, 2.24) is 4.98 Å². The van der Waals surface area contributed by atoms with Crippen LogP contribution < -0.4 is 20.5 Å². The fourth-order valence-electron chi connectivity index (χ4n) is 2.16. The minimum absolute atomic E-state index is 0.131. The van der Waals surface area contributed by atoms with Crippen molar-refractivity contribution < 1.29 is 19.1 Å². The standard InChI is InChI=1S/C18H21N3O4/c1-4-24-12-7-8-15(14(10-12)16(19)22)21-17(23)13-6-5-9-20-18(13)25-11(2)3/h5-11H,4H2,1-3H3,(H2,19,22)(H,21,23). The van der Waals surface area contributed by atoms with Gasteiger partial charge in [0.1, 0.15) is 11.3 Å². The number of nitrogens with two attached hydrogens (primary N) is 1. The van der Waals surface area contributed by atoms with Gasteiger partial charge in [0.2, 0.25) is 5.88 Å². The van der Waals surface area contributed by atoms with Crippen LogP contribution in [0.2, 0.25) is 0 Å². The van der Waals surface area contributed by atoms with Gasteiger partial charge in [0.25, 0.3) is 11.8 Å². The first-order valence-electron chi connectivity index (χ1n) is 7.92. The predicted octanol–water partition coefficient (Wildman–Crippen LogP) is 2.62. The molecular formula is C18H21N3O4. The fourth-order valence-corrected chi connectivity index (χ4v) is 2.16. The van der Waals surface area contributed by atoms with E-state index in [-0.39, 0.29) is 23.1 Å². The lowest BCUT2D eigenvalue weighted by molar-refractivity contribution is 0.100. The highest BCUT2D eigenvalue weighted by atomic mass is 16.5. The molecule has 1 aromatic heterocycles. The molecule has 0 saturated heterocycles. The lowest BCUT2D eigenvalue weighted by Crippen LogP contribution is -2.20. The summed E-state index contributed by atoms with van der Waals surface area (Å²) in [6.45, 7) is 5.97. The molecule has 7 nitrogen and oxygen atoms in total. The summed E-state index contributed by atoms with van der Waals surface area (Å²) in [6.07, 6.45) is 1.41. The third kappa shape index (κ3) is 4.69. The molecule has 0 radical (unpaired) electrons. The van der Waals surface area contributed by atoms with Gasteiger partial charge < -0.3 is 20.5 Å². The largest absolute Gasteiger partial charge is 0.494 e. The predicted molar refractivity (Wildman–Crippen MR) is 94.1 cm³/mol. The third-order valence-electron chi connectivity index (χ3n) is 3.18. The quantitative estimate of drug-likeness (QED) is 0.804. The first kappa shape index (κ1) is 18.3. The number of carbonyl (C=O) groups is 2. The van der Waals surface area contributed by atoms with E-state index in [4.69, 9.17) is 15.2 Å². The highest BCUT2D eigenvalue weighted by Crippen LogP contribution is 2.24. The van der Waals surface area contributed by atoms with Crippen LogP contribution in [0.1, 0.15) is 41.5 Å². The molecule has 1 heterocycles. The van der Waals surface area contributed by atoms with Crippen molar-refractivity contribution >= 4 is 17.5 Å². The summed E-state index contributed by atoms with van der Waals surface area (Å²) in [5.74, 6) is -0.391. The van der Waals surface area contributed by atoms with Gasteiger partial charge in [0.15, 0.2) is 0 Å². The number of amides is 2. The van der Waals surface area contributed by atoms with Crippen LogP contribution in [0.15, 0.2) is 36.5 Å². The average Bonchev–Trinajstić information content (AvgIpc) is 2.56. The van der Waals surface area contributed by atoms with Crippen molar-refractivity contribution in [2.24, 2.45) is 5.73 Å². The van der Waals surface area contributed by atoms with Crippen LogP contribution in [0, 0.1) is 0 Å². The number of primary amides is 1. The Bertz CT molecular complexity index is 775. The molecule has 0 bridgehead atoms. The minimum atomic E-state index is -0.665. The van der Waals surface area contributed by atoms with Crippen molar-refractivity contribution in [3.63, 3.8) is 0 Å². The first-order valence-corrected chi connectivity index (χ1v) is 7.92. The van der Waals surface area contributed by atoms with Crippen LogP contribution in [-0.4, -0.2) is 29.5 Å². The van der Waals surface area contributed by atoms with Crippen molar-refractivity contribution in [1.29, 1.82) is 0 Å². The number of rotatable bonds is 7. The number of hydrogen-bond donors (Lipinski definition) is 2. The number of aromatic nitrogens is 1. The highest BCUT2D eigenvalue weighted by molar-refractivity contribution is 6.09. The van der Waals surface area contributed by atoms with E-state index < -0.39 is 11.8 Å². The summed E-state index contributed by atoms with van der Waals surface area (Å²) in [7, 11) is 0. The summed E-state index contributed by atoms with van der Waals surface area (Å²) in [5.41, 5.74) is 6.12. The van der Waals surface area contributed by atoms with Gasteiger partial charge in [-0.1, -0.05) is 0 Å². The summed E-state index contributed by atoms with van der Waals surface area (Å²) in [5, 5.41) is 2.68. The fraction of sp³-hybridized carbons (Fsp3) is 0.278. The average molecular weight is 343 g/mol. The maximum Gasteiger partial charge on any atom is 0.261 e. The molecule has 132 valence electrons. The van der Waals surface area contributed by atoms with Crippen LogP contribution >= 0.6 is 0 Å². The smallest absolute Gasteiger partial charge is 0.261 e. The molecule has 2 amide bonds. The van der Waals surface area contributed by atoms with Crippen LogP contribution in [0.3, 0.4) is 0 Å². The molecule has 0 saturated carbocycles. The highest BCUT2D eigenvalue weighted by Gasteiger charge is 2.18. The third-order valence-corrected chi connectivity index (χ3v) is 3.18.